The lowest BCUT2D eigenvalue weighted by Crippen LogP contribution is -2.01. The highest BCUT2D eigenvalue weighted by Crippen LogP contribution is 2.45. The van der Waals surface area contributed by atoms with Crippen LogP contribution in [0.15, 0.2) is 66.7 Å². The van der Waals surface area contributed by atoms with Crippen molar-refractivity contribution in [3.8, 4) is 5.75 Å². The maximum atomic E-state index is 10.3. The van der Waals surface area contributed by atoms with E-state index in [4.69, 9.17) is 0 Å². The quantitative estimate of drug-likeness (QED) is 0.478. The van der Waals surface area contributed by atoms with Crippen molar-refractivity contribution in [1.82, 2.24) is 0 Å². The molecule has 24 heavy (non-hydrogen) atoms. The Balaban J connectivity index is 1.83. The van der Waals surface area contributed by atoms with Gasteiger partial charge < -0.3 is 5.11 Å². The Morgan fingerprint density at radius 2 is 1.54 bits per heavy atom. The van der Waals surface area contributed by atoms with Crippen LogP contribution in [0.3, 0.4) is 0 Å². The van der Waals surface area contributed by atoms with Gasteiger partial charge in [-0.1, -0.05) is 60.7 Å². The predicted octanol–water partition coefficient (Wildman–Crippen LogP) is 5.70. The third-order valence-corrected chi connectivity index (χ3v) is 5.46. The van der Waals surface area contributed by atoms with Gasteiger partial charge in [0.05, 0.1) is 0 Å². The number of hydrogen-bond acceptors (Lipinski definition) is 1. The zero-order valence-electron chi connectivity index (χ0n) is 13.6. The van der Waals surface area contributed by atoms with E-state index in [1.54, 1.807) is 0 Å². The maximum absolute atomic E-state index is 10.3. The van der Waals surface area contributed by atoms with E-state index in [0.717, 1.165) is 11.8 Å². The van der Waals surface area contributed by atoms with Gasteiger partial charge in [0.1, 0.15) is 5.75 Å². The van der Waals surface area contributed by atoms with E-state index in [1.165, 1.54) is 38.4 Å². The molecule has 1 unspecified atom stereocenters. The second kappa shape index (κ2) is 4.85. The van der Waals surface area contributed by atoms with Crippen LogP contribution in [0.25, 0.3) is 21.5 Å². The lowest BCUT2D eigenvalue weighted by atomic mass is 9.86. The second-order valence-electron chi connectivity index (χ2n) is 6.79. The van der Waals surface area contributed by atoms with Gasteiger partial charge in [-0.25, -0.2) is 0 Å². The molecule has 0 spiro atoms. The molecule has 0 heterocycles. The number of benzene rings is 4. The minimum Gasteiger partial charge on any atom is -0.507 e. The molecule has 1 aliphatic carbocycles. The van der Waals surface area contributed by atoms with Crippen LogP contribution in [-0.4, -0.2) is 5.11 Å². The zero-order chi connectivity index (χ0) is 16.3. The third-order valence-electron chi connectivity index (χ3n) is 5.46. The summed E-state index contributed by atoms with van der Waals surface area (Å²) < 4.78 is 0. The summed E-state index contributed by atoms with van der Waals surface area (Å²) in [6.45, 7) is 2.13. The summed E-state index contributed by atoms with van der Waals surface area (Å²) in [5, 5.41) is 15.2. The van der Waals surface area contributed by atoms with E-state index in [-0.39, 0.29) is 0 Å². The highest BCUT2D eigenvalue weighted by atomic mass is 16.3. The maximum Gasteiger partial charge on any atom is 0.123 e. The third kappa shape index (κ3) is 1.75. The largest absolute Gasteiger partial charge is 0.507 e. The number of rotatable bonds is 1. The number of phenols is 1. The van der Waals surface area contributed by atoms with Crippen LogP contribution in [-0.2, 0) is 6.42 Å². The van der Waals surface area contributed by atoms with E-state index in [1.807, 2.05) is 18.2 Å². The van der Waals surface area contributed by atoms with Crippen LogP contribution in [0.4, 0.5) is 0 Å². The fourth-order valence-corrected chi connectivity index (χ4v) is 4.41. The van der Waals surface area contributed by atoms with Crippen molar-refractivity contribution in [3.63, 3.8) is 0 Å². The molecule has 0 radical (unpaired) electrons. The smallest absolute Gasteiger partial charge is 0.123 e. The van der Waals surface area contributed by atoms with Crippen molar-refractivity contribution in [3.05, 3.63) is 89.0 Å². The van der Waals surface area contributed by atoms with Gasteiger partial charge in [0.25, 0.3) is 0 Å². The van der Waals surface area contributed by atoms with E-state index < -0.39 is 0 Å². The SMILES string of the molecule is Cc1cccc2c(O)ccc(C3Cc4cccc5cccc3c45)c12. The molecule has 0 aromatic heterocycles. The average Bonchev–Trinajstić information content (AvgIpc) is 2.97. The summed E-state index contributed by atoms with van der Waals surface area (Å²) in [5.74, 6) is 0.724. The van der Waals surface area contributed by atoms with Crippen LogP contribution in [0.1, 0.15) is 28.2 Å². The molecule has 116 valence electrons. The Morgan fingerprint density at radius 1 is 0.792 bits per heavy atom. The van der Waals surface area contributed by atoms with Gasteiger partial charge in [-0.05, 0) is 57.8 Å². The number of fused-ring (bicyclic) bond motifs is 1. The second-order valence-corrected chi connectivity index (χ2v) is 6.79. The first-order chi connectivity index (χ1) is 11.7. The Hall–Kier alpha value is -2.80. The molecular weight excluding hydrogens is 292 g/mol. The van der Waals surface area contributed by atoms with Gasteiger partial charge in [-0.2, -0.15) is 0 Å². The molecule has 0 aliphatic heterocycles. The molecule has 1 nitrogen and oxygen atoms in total. The molecule has 1 atom stereocenters. The average molecular weight is 310 g/mol. The Labute approximate surface area is 141 Å². The van der Waals surface area contributed by atoms with Crippen LogP contribution in [0.5, 0.6) is 5.75 Å². The summed E-state index contributed by atoms with van der Waals surface area (Å²) >= 11 is 0. The summed E-state index contributed by atoms with van der Waals surface area (Å²) in [6, 6.07) is 23.4. The lowest BCUT2D eigenvalue weighted by molar-refractivity contribution is 0.481. The van der Waals surface area contributed by atoms with Crippen molar-refractivity contribution in [1.29, 1.82) is 0 Å². The fraction of sp³-hybridized carbons (Fsp3) is 0.130. The molecule has 4 aromatic rings. The first kappa shape index (κ1) is 13.6. The predicted molar refractivity (Wildman–Crippen MR) is 99.8 cm³/mol. The molecule has 0 fully saturated rings. The van der Waals surface area contributed by atoms with Crippen molar-refractivity contribution < 1.29 is 5.11 Å². The fourth-order valence-electron chi connectivity index (χ4n) is 4.41. The normalized spacial score (nSPS) is 16.1. The molecule has 1 N–H and O–H groups in total. The van der Waals surface area contributed by atoms with Gasteiger partial charge in [0, 0.05) is 11.3 Å². The van der Waals surface area contributed by atoms with Gasteiger partial charge in [0.15, 0.2) is 0 Å². The Bertz CT molecular complexity index is 1100. The van der Waals surface area contributed by atoms with Gasteiger partial charge in [-0.15, -0.1) is 0 Å². The monoisotopic (exact) mass is 310 g/mol. The summed E-state index contributed by atoms with van der Waals surface area (Å²) in [4.78, 5) is 0. The number of phenolic OH excluding ortho intramolecular Hbond substituents is 1. The van der Waals surface area contributed by atoms with Crippen molar-refractivity contribution in [2.24, 2.45) is 0 Å². The molecule has 4 aromatic carbocycles. The van der Waals surface area contributed by atoms with Gasteiger partial charge in [0.2, 0.25) is 0 Å². The molecule has 0 bridgehead atoms. The number of hydrogen-bond donors (Lipinski definition) is 1. The zero-order valence-corrected chi connectivity index (χ0v) is 13.6. The molecule has 5 rings (SSSR count). The Kier molecular flexibility index (Phi) is 2.75. The van der Waals surface area contributed by atoms with Crippen molar-refractivity contribution in [2.75, 3.05) is 0 Å². The molecule has 0 amide bonds. The minimum atomic E-state index is 0.357. The molecule has 0 saturated carbocycles. The van der Waals surface area contributed by atoms with Crippen LogP contribution >= 0.6 is 0 Å². The standard InChI is InChI=1S/C23H18O/c1-14-5-2-10-19-21(24)12-11-18(22(14)19)20-13-16-8-3-6-15-7-4-9-17(20)23(15)16/h2-12,20,24H,13H2,1H3. The van der Waals surface area contributed by atoms with Crippen molar-refractivity contribution in [2.45, 2.75) is 19.3 Å². The number of aryl methyl sites for hydroxylation is 1. The van der Waals surface area contributed by atoms with Crippen LogP contribution in [0.2, 0.25) is 0 Å². The molecule has 1 aliphatic rings. The van der Waals surface area contributed by atoms with E-state index >= 15 is 0 Å². The van der Waals surface area contributed by atoms with Crippen LogP contribution in [0, 0.1) is 6.92 Å². The Morgan fingerprint density at radius 3 is 2.42 bits per heavy atom. The summed E-state index contributed by atoms with van der Waals surface area (Å²) in [6.07, 6.45) is 1.03. The van der Waals surface area contributed by atoms with Crippen molar-refractivity contribution >= 4 is 21.5 Å². The summed E-state index contributed by atoms with van der Waals surface area (Å²) in [7, 11) is 0. The topological polar surface area (TPSA) is 20.2 Å². The first-order valence-corrected chi connectivity index (χ1v) is 8.46. The van der Waals surface area contributed by atoms with E-state index in [9.17, 15) is 5.11 Å². The molecular formula is C23H18O. The highest BCUT2D eigenvalue weighted by Gasteiger charge is 2.27. The van der Waals surface area contributed by atoms with Gasteiger partial charge >= 0.3 is 0 Å². The van der Waals surface area contributed by atoms with E-state index in [2.05, 4.69) is 55.5 Å². The lowest BCUT2D eigenvalue weighted by Gasteiger charge is -2.17. The summed E-state index contributed by atoms with van der Waals surface area (Å²) in [5.41, 5.74) is 5.40. The van der Waals surface area contributed by atoms with Crippen LogP contribution < -0.4 is 0 Å². The first-order valence-electron chi connectivity index (χ1n) is 8.46. The minimum absolute atomic E-state index is 0.357. The number of aromatic hydroxyl groups is 1. The highest BCUT2D eigenvalue weighted by molar-refractivity contribution is 5.97. The molecule has 0 saturated heterocycles. The van der Waals surface area contributed by atoms with Gasteiger partial charge in [-0.3, -0.25) is 0 Å². The molecule has 1 heteroatoms. The van der Waals surface area contributed by atoms with E-state index in [0.29, 0.717) is 11.7 Å².